The van der Waals surface area contributed by atoms with Gasteiger partial charge in [-0.15, -0.1) is 0 Å². The fourth-order valence-corrected chi connectivity index (χ4v) is 4.41. The van der Waals surface area contributed by atoms with Crippen molar-refractivity contribution in [2.75, 3.05) is 6.61 Å². The van der Waals surface area contributed by atoms with Gasteiger partial charge in [0.05, 0.1) is 9.97 Å². The first kappa shape index (κ1) is 17.4. The van der Waals surface area contributed by atoms with Crippen molar-refractivity contribution in [1.29, 1.82) is 0 Å². The molecule has 5 heteroatoms. The van der Waals surface area contributed by atoms with E-state index in [9.17, 15) is 4.79 Å². The van der Waals surface area contributed by atoms with E-state index >= 15 is 0 Å². The number of carbonyl (C=O) groups excluding carboxylic acids is 1. The summed E-state index contributed by atoms with van der Waals surface area (Å²) in [5.74, 6) is -0.311. The Kier molecular flexibility index (Phi) is 13.1. The maximum Gasteiger partial charge on any atom is 0.330 e. The van der Waals surface area contributed by atoms with Crippen molar-refractivity contribution in [3.8, 4) is 0 Å². The van der Waals surface area contributed by atoms with E-state index in [1.54, 1.807) is 0 Å². The number of hydrogen-bond acceptors (Lipinski definition) is 2. The van der Waals surface area contributed by atoms with Gasteiger partial charge in [-0.3, -0.25) is 0 Å². The SMILES string of the molecule is C=CC(=O)OCCCCCCCC[SiH2]C(Br)Br. The second-order valence-electron chi connectivity index (χ2n) is 4.03. The number of esters is 1. The highest BCUT2D eigenvalue weighted by Crippen LogP contribution is 2.12. The summed E-state index contributed by atoms with van der Waals surface area (Å²) in [5, 5.41) is 0. The van der Waals surface area contributed by atoms with Gasteiger partial charge in [0.15, 0.2) is 0 Å². The Morgan fingerprint density at radius 3 is 2.35 bits per heavy atom. The molecule has 100 valence electrons. The van der Waals surface area contributed by atoms with E-state index < -0.39 is 0 Å². The molecular weight excluding hydrogens is 364 g/mol. The average molecular weight is 386 g/mol. The molecule has 0 aliphatic rings. The Bertz CT molecular complexity index is 211. The summed E-state index contributed by atoms with van der Waals surface area (Å²) in [6.45, 7) is 3.89. The maximum absolute atomic E-state index is 10.7. The van der Waals surface area contributed by atoms with Crippen LogP contribution in [0.2, 0.25) is 6.04 Å². The minimum atomic E-state index is -0.311. The van der Waals surface area contributed by atoms with E-state index in [0.29, 0.717) is 9.97 Å². The standard InChI is InChI=1S/C12H22Br2O2Si/c1-2-11(15)16-9-7-5-3-4-6-8-10-17-12(13)14/h2,12H,1,3-10,17H2. The highest BCUT2D eigenvalue weighted by molar-refractivity contribution is 9.25. The lowest BCUT2D eigenvalue weighted by Crippen LogP contribution is -2.01. The van der Waals surface area contributed by atoms with Crippen LogP contribution in [0.25, 0.3) is 0 Å². The molecule has 0 bridgehead atoms. The fourth-order valence-electron chi connectivity index (χ4n) is 1.52. The van der Waals surface area contributed by atoms with Crippen LogP contribution in [0.4, 0.5) is 0 Å². The van der Waals surface area contributed by atoms with Crippen molar-refractivity contribution in [2.24, 2.45) is 0 Å². The topological polar surface area (TPSA) is 26.3 Å². The zero-order chi connectivity index (χ0) is 12.9. The fraction of sp³-hybridized carbons (Fsp3) is 0.750. The molecule has 0 radical (unpaired) electrons. The number of rotatable bonds is 11. The third-order valence-corrected chi connectivity index (χ3v) is 6.57. The van der Waals surface area contributed by atoms with Crippen molar-refractivity contribution in [1.82, 2.24) is 0 Å². The molecule has 2 nitrogen and oxygen atoms in total. The Hall–Kier alpha value is 0.387. The lowest BCUT2D eigenvalue weighted by atomic mass is 10.1. The van der Waals surface area contributed by atoms with Crippen LogP contribution < -0.4 is 0 Å². The van der Waals surface area contributed by atoms with Gasteiger partial charge in [-0.2, -0.15) is 0 Å². The molecule has 0 aromatic rings. The minimum Gasteiger partial charge on any atom is -0.463 e. The quantitative estimate of drug-likeness (QED) is 0.178. The Morgan fingerprint density at radius 2 is 1.76 bits per heavy atom. The summed E-state index contributed by atoms with van der Waals surface area (Å²) in [5.41, 5.74) is 0. The molecule has 0 atom stereocenters. The first-order valence-electron chi connectivity index (χ1n) is 6.24. The smallest absolute Gasteiger partial charge is 0.330 e. The van der Waals surface area contributed by atoms with Crippen molar-refractivity contribution < 1.29 is 9.53 Å². The third-order valence-electron chi connectivity index (χ3n) is 2.48. The van der Waals surface area contributed by atoms with Crippen molar-refractivity contribution >= 4 is 47.3 Å². The van der Waals surface area contributed by atoms with E-state index in [4.69, 9.17) is 4.74 Å². The van der Waals surface area contributed by atoms with Crippen molar-refractivity contribution in [2.45, 2.75) is 47.9 Å². The van der Waals surface area contributed by atoms with E-state index in [0.717, 1.165) is 12.8 Å². The molecule has 0 rings (SSSR count). The van der Waals surface area contributed by atoms with Crippen LogP contribution in [-0.4, -0.2) is 25.5 Å². The molecule has 0 aliphatic heterocycles. The van der Waals surface area contributed by atoms with Crippen LogP contribution in [0, 0.1) is 0 Å². The number of alkyl halides is 2. The van der Waals surface area contributed by atoms with Gasteiger partial charge < -0.3 is 4.74 Å². The third kappa shape index (κ3) is 14.3. The van der Waals surface area contributed by atoms with E-state index in [2.05, 4.69) is 38.4 Å². The summed E-state index contributed by atoms with van der Waals surface area (Å²) in [4.78, 5) is 10.7. The monoisotopic (exact) mass is 384 g/mol. The maximum atomic E-state index is 10.7. The van der Waals surface area contributed by atoms with Crippen LogP contribution in [0.15, 0.2) is 12.7 Å². The second kappa shape index (κ2) is 12.8. The molecule has 0 fully saturated rings. The number of carbonyl (C=O) groups is 1. The van der Waals surface area contributed by atoms with Crippen LogP contribution >= 0.6 is 31.9 Å². The molecule has 0 saturated heterocycles. The van der Waals surface area contributed by atoms with E-state index in [-0.39, 0.29) is 15.5 Å². The molecule has 0 unspecified atom stereocenters. The largest absolute Gasteiger partial charge is 0.463 e. The van der Waals surface area contributed by atoms with Gasteiger partial charge >= 0.3 is 5.97 Å². The number of unbranched alkanes of at least 4 members (excludes halogenated alkanes) is 5. The lowest BCUT2D eigenvalue weighted by Gasteiger charge is -2.03. The normalized spacial score (nSPS) is 11.2. The van der Waals surface area contributed by atoms with Gasteiger partial charge in [-0.1, -0.05) is 76.6 Å². The molecule has 0 aliphatic carbocycles. The molecule has 0 heterocycles. The molecule has 0 saturated carbocycles. The van der Waals surface area contributed by atoms with Gasteiger partial charge in [0.1, 0.15) is 0 Å². The molecule has 0 aromatic heterocycles. The Labute approximate surface area is 124 Å². The van der Waals surface area contributed by atoms with Gasteiger partial charge in [-0.25, -0.2) is 4.79 Å². The predicted octanol–water partition coefficient (Wildman–Crippen LogP) is 3.72. The first-order valence-corrected chi connectivity index (χ1v) is 9.89. The molecule has 0 spiro atoms. The second-order valence-corrected chi connectivity index (χ2v) is 12.0. The summed E-state index contributed by atoms with van der Waals surface area (Å²) in [7, 11) is 0.0530. The van der Waals surface area contributed by atoms with Gasteiger partial charge in [-0.05, 0) is 6.42 Å². The summed E-state index contributed by atoms with van der Waals surface area (Å²) >= 11 is 7.07. The zero-order valence-electron chi connectivity index (χ0n) is 10.3. The van der Waals surface area contributed by atoms with Gasteiger partial charge in [0, 0.05) is 15.6 Å². The van der Waals surface area contributed by atoms with Crippen LogP contribution in [0.5, 0.6) is 0 Å². The zero-order valence-corrected chi connectivity index (χ0v) is 14.9. The highest BCUT2D eigenvalue weighted by atomic mass is 79.9. The summed E-state index contributed by atoms with van der Waals surface area (Å²) in [6.07, 6.45) is 8.60. The summed E-state index contributed by atoms with van der Waals surface area (Å²) in [6, 6.07) is 1.41. The highest BCUT2D eigenvalue weighted by Gasteiger charge is 1.98. The minimum absolute atomic E-state index is 0.0530. The molecule has 0 aromatic carbocycles. The molecule has 0 N–H and O–H groups in total. The lowest BCUT2D eigenvalue weighted by molar-refractivity contribution is -0.137. The first-order chi connectivity index (χ1) is 8.16. The Balaban J connectivity index is 3.03. The summed E-state index contributed by atoms with van der Waals surface area (Å²) < 4.78 is 5.51. The van der Waals surface area contributed by atoms with Crippen molar-refractivity contribution in [3.05, 3.63) is 12.7 Å². The van der Waals surface area contributed by atoms with Crippen LogP contribution in [-0.2, 0) is 9.53 Å². The average Bonchev–Trinajstić information content (AvgIpc) is 2.30. The van der Waals surface area contributed by atoms with Gasteiger partial charge in [0.25, 0.3) is 0 Å². The molecule has 17 heavy (non-hydrogen) atoms. The Morgan fingerprint density at radius 1 is 1.18 bits per heavy atom. The van der Waals surface area contributed by atoms with Gasteiger partial charge in [0.2, 0.25) is 0 Å². The number of ether oxygens (including phenoxy) is 1. The van der Waals surface area contributed by atoms with E-state index in [1.807, 2.05) is 0 Å². The predicted molar refractivity (Wildman–Crippen MR) is 83.9 cm³/mol. The van der Waals surface area contributed by atoms with Crippen LogP contribution in [0.3, 0.4) is 0 Å². The molecule has 0 amide bonds. The molecular formula is C12H22Br2O2Si. The van der Waals surface area contributed by atoms with Crippen LogP contribution in [0.1, 0.15) is 38.5 Å². The number of halogens is 2. The van der Waals surface area contributed by atoms with Crippen molar-refractivity contribution in [3.63, 3.8) is 0 Å². The van der Waals surface area contributed by atoms with E-state index in [1.165, 1.54) is 37.8 Å². The number of hydrogen-bond donors (Lipinski definition) is 0.